The zero-order valence-electron chi connectivity index (χ0n) is 16.1. The van der Waals surface area contributed by atoms with Crippen molar-refractivity contribution in [2.24, 2.45) is 0 Å². The molecule has 0 unspecified atom stereocenters. The van der Waals surface area contributed by atoms with Crippen LogP contribution in [0.5, 0.6) is 0 Å². The summed E-state index contributed by atoms with van der Waals surface area (Å²) in [5, 5.41) is 6.47. The van der Waals surface area contributed by atoms with Gasteiger partial charge in [-0.15, -0.1) is 0 Å². The summed E-state index contributed by atoms with van der Waals surface area (Å²) >= 11 is 11.5. The third kappa shape index (κ3) is 4.35. The second kappa shape index (κ2) is 8.65. The number of oxazole rings is 1. The SMILES string of the molecule is CCc1ccc(C(=O)NC(=S)Nc2ccc3oc(-c4ccccc4Cl)nc3c2)cc1. The van der Waals surface area contributed by atoms with Gasteiger partial charge < -0.3 is 9.73 Å². The molecule has 0 radical (unpaired) electrons. The second-order valence-electron chi connectivity index (χ2n) is 6.64. The van der Waals surface area contributed by atoms with Crippen molar-refractivity contribution in [3.63, 3.8) is 0 Å². The highest BCUT2D eigenvalue weighted by atomic mass is 35.5. The lowest BCUT2D eigenvalue weighted by Gasteiger charge is -2.09. The molecule has 1 aromatic heterocycles. The highest BCUT2D eigenvalue weighted by molar-refractivity contribution is 7.80. The van der Waals surface area contributed by atoms with Crippen molar-refractivity contribution in [1.82, 2.24) is 10.3 Å². The molecule has 1 amide bonds. The highest BCUT2D eigenvalue weighted by Crippen LogP contribution is 2.30. The van der Waals surface area contributed by atoms with E-state index in [0.29, 0.717) is 33.3 Å². The Hall–Kier alpha value is -3.22. The van der Waals surface area contributed by atoms with Crippen molar-refractivity contribution in [2.75, 3.05) is 5.32 Å². The van der Waals surface area contributed by atoms with Crippen molar-refractivity contribution in [3.8, 4) is 11.5 Å². The van der Waals surface area contributed by atoms with Gasteiger partial charge in [-0.3, -0.25) is 10.1 Å². The number of hydrogen-bond acceptors (Lipinski definition) is 4. The van der Waals surface area contributed by atoms with Crippen LogP contribution in [0.2, 0.25) is 5.02 Å². The lowest BCUT2D eigenvalue weighted by Crippen LogP contribution is -2.34. The quantitative estimate of drug-likeness (QED) is 0.394. The number of carbonyl (C=O) groups excluding carboxylic acids is 1. The first kappa shape index (κ1) is 20.1. The second-order valence-corrected chi connectivity index (χ2v) is 7.46. The fourth-order valence-corrected chi connectivity index (χ4v) is 3.41. The number of fused-ring (bicyclic) bond motifs is 1. The molecule has 0 aliphatic rings. The van der Waals surface area contributed by atoms with Crippen LogP contribution in [-0.2, 0) is 6.42 Å². The monoisotopic (exact) mass is 435 g/mol. The summed E-state index contributed by atoms with van der Waals surface area (Å²) in [5.74, 6) is 0.179. The Labute approximate surface area is 184 Å². The molecule has 1 heterocycles. The number of anilines is 1. The van der Waals surface area contributed by atoms with Crippen LogP contribution in [0.1, 0.15) is 22.8 Å². The maximum Gasteiger partial charge on any atom is 0.257 e. The zero-order valence-corrected chi connectivity index (χ0v) is 17.7. The van der Waals surface area contributed by atoms with Crippen molar-refractivity contribution in [2.45, 2.75) is 13.3 Å². The van der Waals surface area contributed by atoms with E-state index in [1.54, 1.807) is 36.4 Å². The minimum Gasteiger partial charge on any atom is -0.436 e. The maximum absolute atomic E-state index is 12.4. The molecule has 150 valence electrons. The summed E-state index contributed by atoms with van der Waals surface area (Å²) < 4.78 is 5.81. The molecule has 0 atom stereocenters. The molecule has 7 heteroatoms. The van der Waals surface area contributed by atoms with Gasteiger partial charge in [0, 0.05) is 11.3 Å². The predicted molar refractivity (Wildman–Crippen MR) is 124 cm³/mol. The van der Waals surface area contributed by atoms with Crippen molar-refractivity contribution >= 4 is 51.6 Å². The van der Waals surface area contributed by atoms with Crippen LogP contribution in [0.25, 0.3) is 22.6 Å². The minimum atomic E-state index is -0.265. The van der Waals surface area contributed by atoms with Crippen LogP contribution < -0.4 is 10.6 Å². The molecule has 3 aromatic carbocycles. The third-order valence-corrected chi connectivity index (χ3v) is 5.13. The Kier molecular flexibility index (Phi) is 5.79. The molecule has 0 aliphatic carbocycles. The van der Waals surface area contributed by atoms with E-state index in [2.05, 4.69) is 22.5 Å². The average molecular weight is 436 g/mol. The number of aryl methyl sites for hydroxylation is 1. The van der Waals surface area contributed by atoms with E-state index in [0.717, 1.165) is 12.0 Å². The molecule has 0 fully saturated rings. The van der Waals surface area contributed by atoms with Gasteiger partial charge in [0.25, 0.3) is 5.91 Å². The number of amides is 1. The first-order valence-electron chi connectivity index (χ1n) is 9.40. The molecule has 0 spiro atoms. The summed E-state index contributed by atoms with van der Waals surface area (Å²) in [6.07, 6.45) is 0.921. The van der Waals surface area contributed by atoms with Gasteiger partial charge in [-0.05, 0) is 66.7 Å². The number of halogens is 1. The lowest BCUT2D eigenvalue weighted by molar-refractivity contribution is 0.0977. The molecule has 5 nitrogen and oxygen atoms in total. The molecule has 0 saturated heterocycles. The molecule has 4 aromatic rings. The van der Waals surface area contributed by atoms with E-state index in [4.69, 9.17) is 28.2 Å². The first-order chi connectivity index (χ1) is 14.5. The molecule has 4 rings (SSSR count). The number of rotatable bonds is 4. The Morgan fingerprint density at radius 2 is 1.87 bits per heavy atom. The number of nitrogens with zero attached hydrogens (tertiary/aromatic N) is 1. The molecule has 0 bridgehead atoms. The lowest BCUT2D eigenvalue weighted by atomic mass is 10.1. The predicted octanol–water partition coefficient (Wildman–Crippen LogP) is 5.84. The fraction of sp³-hybridized carbons (Fsp3) is 0.0870. The Bertz CT molecular complexity index is 1230. The van der Waals surface area contributed by atoms with Gasteiger partial charge in [-0.25, -0.2) is 4.98 Å². The summed E-state index contributed by atoms with van der Waals surface area (Å²) in [4.78, 5) is 16.9. The molecule has 2 N–H and O–H groups in total. The van der Waals surface area contributed by atoms with Gasteiger partial charge in [0.05, 0.1) is 10.6 Å². The number of nitrogens with one attached hydrogen (secondary N) is 2. The van der Waals surface area contributed by atoms with E-state index in [1.807, 2.05) is 30.3 Å². The average Bonchev–Trinajstić information content (AvgIpc) is 3.17. The normalized spacial score (nSPS) is 10.7. The van der Waals surface area contributed by atoms with E-state index in [1.165, 1.54) is 5.56 Å². The molecule has 0 aliphatic heterocycles. The summed E-state index contributed by atoms with van der Waals surface area (Å²) in [7, 11) is 0. The number of benzene rings is 3. The van der Waals surface area contributed by atoms with Gasteiger partial charge in [-0.1, -0.05) is 42.8 Å². The van der Waals surface area contributed by atoms with Gasteiger partial charge in [0.2, 0.25) is 5.89 Å². The number of aromatic nitrogens is 1. The Balaban J connectivity index is 1.47. The van der Waals surface area contributed by atoms with Gasteiger partial charge in [0.1, 0.15) is 5.52 Å². The number of thiocarbonyl (C=S) groups is 1. The smallest absolute Gasteiger partial charge is 0.257 e. The van der Waals surface area contributed by atoms with Gasteiger partial charge >= 0.3 is 0 Å². The van der Waals surface area contributed by atoms with E-state index in [-0.39, 0.29) is 11.0 Å². The summed E-state index contributed by atoms with van der Waals surface area (Å²) in [6.45, 7) is 2.07. The largest absolute Gasteiger partial charge is 0.436 e. The standard InChI is InChI=1S/C23H18ClN3O2S/c1-2-14-7-9-15(10-8-14)21(28)27-23(30)25-16-11-12-20-19(13-16)26-22(29-20)17-5-3-4-6-18(17)24/h3-13H,2H2,1H3,(H2,25,27,28,30). The van der Waals surface area contributed by atoms with E-state index in [9.17, 15) is 4.79 Å². The van der Waals surface area contributed by atoms with Crippen LogP contribution in [0, 0.1) is 0 Å². The molecular formula is C23H18ClN3O2S. The number of hydrogen-bond donors (Lipinski definition) is 2. The van der Waals surface area contributed by atoms with E-state index < -0.39 is 0 Å². The van der Waals surface area contributed by atoms with Gasteiger partial charge in [-0.2, -0.15) is 0 Å². The van der Waals surface area contributed by atoms with Crippen molar-refractivity contribution in [1.29, 1.82) is 0 Å². The maximum atomic E-state index is 12.4. The fourth-order valence-electron chi connectivity index (χ4n) is 2.98. The molecular weight excluding hydrogens is 418 g/mol. The van der Waals surface area contributed by atoms with Crippen molar-refractivity contribution in [3.05, 3.63) is 82.9 Å². The van der Waals surface area contributed by atoms with Crippen LogP contribution in [0.3, 0.4) is 0 Å². The van der Waals surface area contributed by atoms with Crippen LogP contribution in [-0.4, -0.2) is 16.0 Å². The van der Waals surface area contributed by atoms with Crippen LogP contribution >= 0.6 is 23.8 Å². The zero-order chi connectivity index (χ0) is 21.1. The van der Waals surface area contributed by atoms with Gasteiger partial charge in [0.15, 0.2) is 10.7 Å². The molecule has 0 saturated carbocycles. The summed E-state index contributed by atoms with van der Waals surface area (Å²) in [6, 6.07) is 20.2. The minimum absolute atomic E-state index is 0.203. The summed E-state index contributed by atoms with van der Waals surface area (Å²) in [5.41, 5.74) is 4.41. The Morgan fingerprint density at radius 3 is 2.60 bits per heavy atom. The Morgan fingerprint density at radius 1 is 1.10 bits per heavy atom. The van der Waals surface area contributed by atoms with Crippen LogP contribution in [0.4, 0.5) is 5.69 Å². The van der Waals surface area contributed by atoms with Crippen LogP contribution in [0.15, 0.2) is 71.1 Å². The third-order valence-electron chi connectivity index (χ3n) is 4.60. The van der Waals surface area contributed by atoms with E-state index >= 15 is 0 Å². The number of carbonyl (C=O) groups is 1. The first-order valence-corrected chi connectivity index (χ1v) is 10.2. The van der Waals surface area contributed by atoms with Crippen molar-refractivity contribution < 1.29 is 9.21 Å². The topological polar surface area (TPSA) is 67.2 Å². The highest BCUT2D eigenvalue weighted by Gasteiger charge is 2.13. The molecule has 30 heavy (non-hydrogen) atoms.